The first-order chi connectivity index (χ1) is 14.7. The normalized spacial score (nSPS) is 12.7. The van der Waals surface area contributed by atoms with Crippen molar-refractivity contribution in [2.75, 3.05) is 10.8 Å². The van der Waals surface area contributed by atoms with E-state index in [1.807, 2.05) is 0 Å². The van der Waals surface area contributed by atoms with Crippen LogP contribution in [0.25, 0.3) is 0 Å². The van der Waals surface area contributed by atoms with E-state index in [1.54, 1.807) is 20.8 Å². The van der Waals surface area contributed by atoms with Crippen LogP contribution in [0, 0.1) is 15.9 Å². The van der Waals surface area contributed by atoms with Crippen LogP contribution < -0.4 is 9.62 Å². The van der Waals surface area contributed by atoms with Gasteiger partial charge in [0.1, 0.15) is 11.4 Å². The van der Waals surface area contributed by atoms with Crippen molar-refractivity contribution in [1.29, 1.82) is 0 Å². The Bertz CT molecular complexity index is 1100. The summed E-state index contributed by atoms with van der Waals surface area (Å²) >= 11 is 3.20. The summed E-state index contributed by atoms with van der Waals surface area (Å²) in [5, 5.41) is 13.4. The quantitative estimate of drug-likeness (QED) is 0.411. The Labute approximate surface area is 193 Å². The minimum Gasteiger partial charge on any atom is -0.444 e. The summed E-state index contributed by atoms with van der Waals surface area (Å²) in [6, 6.07) is 7.12. The fourth-order valence-corrected chi connectivity index (χ4v) is 4.74. The van der Waals surface area contributed by atoms with E-state index in [4.69, 9.17) is 4.74 Å². The smallest absolute Gasteiger partial charge is 0.407 e. The monoisotopic (exact) mass is 531 g/mol. The number of benzene rings is 2. The summed E-state index contributed by atoms with van der Waals surface area (Å²) in [6.45, 7) is 6.34. The van der Waals surface area contributed by atoms with Crippen molar-refractivity contribution >= 4 is 43.4 Å². The highest BCUT2D eigenvalue weighted by atomic mass is 79.9. The minimum absolute atomic E-state index is 0.187. The Hall–Kier alpha value is -2.73. The van der Waals surface area contributed by atoms with Crippen molar-refractivity contribution in [2.24, 2.45) is 0 Å². The maximum atomic E-state index is 14.7. The lowest BCUT2D eigenvalue weighted by Crippen LogP contribution is -2.46. The number of rotatable bonds is 7. The van der Waals surface area contributed by atoms with Crippen LogP contribution in [-0.4, -0.2) is 37.6 Å². The van der Waals surface area contributed by atoms with Crippen LogP contribution in [0.3, 0.4) is 0 Å². The highest BCUT2D eigenvalue weighted by Crippen LogP contribution is 2.31. The molecule has 0 aliphatic carbocycles. The van der Waals surface area contributed by atoms with Crippen LogP contribution in [-0.2, 0) is 14.8 Å². The molecule has 0 aliphatic heterocycles. The summed E-state index contributed by atoms with van der Waals surface area (Å²) < 4.78 is 48.0. The van der Waals surface area contributed by atoms with Crippen LogP contribution in [0.4, 0.5) is 20.6 Å². The van der Waals surface area contributed by atoms with E-state index in [2.05, 4.69) is 21.2 Å². The molecule has 12 heteroatoms. The zero-order valence-corrected chi connectivity index (χ0v) is 20.2. The number of alkyl carbamates (subject to hydrolysis) is 1. The topological polar surface area (TPSA) is 119 Å². The van der Waals surface area contributed by atoms with Gasteiger partial charge in [-0.15, -0.1) is 0 Å². The van der Waals surface area contributed by atoms with Gasteiger partial charge in [0.15, 0.2) is 0 Å². The standard InChI is InChI=1S/C20H23BrFN3O6S/c1-13(12-23-19(26)31-20(2,3)4)24(18-11-14(21)5-10-17(18)22)32(29,30)16-8-6-15(7-9-16)25(27)28/h5-11,13H,12H2,1-4H3,(H,23,26)/t13-/m0/s1. The molecule has 0 aliphatic rings. The van der Waals surface area contributed by atoms with Crippen LogP contribution in [0.15, 0.2) is 51.8 Å². The number of non-ortho nitro benzene ring substituents is 1. The van der Waals surface area contributed by atoms with Crippen molar-refractivity contribution < 1.29 is 27.3 Å². The molecule has 0 saturated carbocycles. The molecule has 0 unspecified atom stereocenters. The summed E-state index contributed by atoms with van der Waals surface area (Å²) in [7, 11) is -4.36. The number of hydrogen-bond acceptors (Lipinski definition) is 6. The molecule has 2 aromatic rings. The van der Waals surface area contributed by atoms with Crippen molar-refractivity contribution in [2.45, 2.75) is 44.2 Å². The van der Waals surface area contributed by atoms with E-state index in [9.17, 15) is 27.7 Å². The number of carbonyl (C=O) groups is 1. The van der Waals surface area contributed by atoms with Gasteiger partial charge in [0.25, 0.3) is 15.7 Å². The van der Waals surface area contributed by atoms with Crippen molar-refractivity contribution in [3.8, 4) is 0 Å². The highest BCUT2D eigenvalue weighted by Gasteiger charge is 2.32. The largest absolute Gasteiger partial charge is 0.444 e. The Morgan fingerprint density at radius 2 is 1.84 bits per heavy atom. The lowest BCUT2D eigenvalue weighted by atomic mass is 10.2. The molecule has 0 saturated heterocycles. The number of nitrogens with zero attached hydrogens (tertiary/aromatic N) is 2. The van der Waals surface area contributed by atoms with Gasteiger partial charge in [-0.2, -0.15) is 0 Å². The molecule has 0 radical (unpaired) electrons. The Kier molecular flexibility index (Phi) is 7.83. The Morgan fingerprint density at radius 3 is 2.38 bits per heavy atom. The predicted octanol–water partition coefficient (Wildman–Crippen LogP) is 4.60. The number of nitrogens with one attached hydrogen (secondary N) is 1. The van der Waals surface area contributed by atoms with Gasteiger partial charge in [0.2, 0.25) is 0 Å². The molecule has 2 rings (SSSR count). The molecule has 0 heterocycles. The van der Waals surface area contributed by atoms with Gasteiger partial charge >= 0.3 is 6.09 Å². The second kappa shape index (κ2) is 9.82. The third kappa shape index (κ3) is 6.39. The predicted molar refractivity (Wildman–Crippen MR) is 121 cm³/mol. The Balaban J connectivity index is 2.45. The van der Waals surface area contributed by atoms with E-state index >= 15 is 0 Å². The SMILES string of the molecule is C[C@@H](CNC(=O)OC(C)(C)C)N(c1cc(Br)ccc1F)S(=O)(=O)c1ccc([N+](=O)[O-])cc1. The molecule has 0 aromatic heterocycles. The third-order valence-corrected chi connectivity index (χ3v) is 6.53. The van der Waals surface area contributed by atoms with Gasteiger partial charge in [0.05, 0.1) is 21.5 Å². The summed E-state index contributed by atoms with van der Waals surface area (Å²) in [6.07, 6.45) is -0.758. The molecule has 174 valence electrons. The number of ether oxygens (including phenoxy) is 1. The molecule has 2 aromatic carbocycles. The average molecular weight is 532 g/mol. The second-order valence-corrected chi connectivity index (χ2v) is 10.6. The van der Waals surface area contributed by atoms with Gasteiger partial charge in [0, 0.05) is 23.2 Å². The second-order valence-electron chi connectivity index (χ2n) is 7.88. The average Bonchev–Trinajstić information content (AvgIpc) is 2.68. The van der Waals surface area contributed by atoms with E-state index < -0.39 is 38.5 Å². The number of sulfonamides is 1. The molecule has 1 atom stereocenters. The van der Waals surface area contributed by atoms with E-state index in [0.29, 0.717) is 4.47 Å². The number of halogens is 2. The summed E-state index contributed by atoms with van der Waals surface area (Å²) in [4.78, 5) is 22.0. The van der Waals surface area contributed by atoms with Crippen molar-refractivity contribution in [3.63, 3.8) is 0 Å². The maximum absolute atomic E-state index is 14.7. The molecule has 1 N–H and O–H groups in total. The first-order valence-corrected chi connectivity index (χ1v) is 11.7. The van der Waals surface area contributed by atoms with E-state index in [0.717, 1.165) is 34.6 Å². The minimum atomic E-state index is -4.36. The first-order valence-electron chi connectivity index (χ1n) is 9.43. The zero-order chi connectivity index (χ0) is 24.3. The third-order valence-electron chi connectivity index (χ3n) is 4.09. The van der Waals surface area contributed by atoms with Gasteiger partial charge in [-0.3, -0.25) is 14.4 Å². The van der Waals surface area contributed by atoms with Crippen LogP contribution in [0.1, 0.15) is 27.7 Å². The van der Waals surface area contributed by atoms with Crippen LogP contribution >= 0.6 is 15.9 Å². The molecular formula is C20H23BrFN3O6S. The van der Waals surface area contributed by atoms with Gasteiger partial charge in [-0.05, 0) is 58.0 Å². The number of nitro benzene ring substituents is 1. The molecule has 1 amide bonds. The molecule has 9 nitrogen and oxygen atoms in total. The van der Waals surface area contributed by atoms with Gasteiger partial charge < -0.3 is 10.1 Å². The fourth-order valence-electron chi connectivity index (χ4n) is 2.74. The molecule has 0 bridgehead atoms. The first kappa shape index (κ1) is 25.5. The van der Waals surface area contributed by atoms with Gasteiger partial charge in [-0.1, -0.05) is 15.9 Å². The lowest BCUT2D eigenvalue weighted by Gasteiger charge is -2.31. The van der Waals surface area contributed by atoms with E-state index in [1.165, 1.54) is 19.1 Å². The fraction of sp³-hybridized carbons (Fsp3) is 0.350. The van der Waals surface area contributed by atoms with Gasteiger partial charge in [-0.25, -0.2) is 17.6 Å². The summed E-state index contributed by atoms with van der Waals surface area (Å²) in [5.41, 5.74) is -1.30. The number of amides is 1. The maximum Gasteiger partial charge on any atom is 0.407 e. The van der Waals surface area contributed by atoms with Crippen LogP contribution in [0.5, 0.6) is 0 Å². The highest BCUT2D eigenvalue weighted by molar-refractivity contribution is 9.10. The van der Waals surface area contributed by atoms with Crippen LogP contribution in [0.2, 0.25) is 0 Å². The Morgan fingerprint density at radius 1 is 1.25 bits per heavy atom. The zero-order valence-electron chi connectivity index (χ0n) is 17.8. The molecule has 0 spiro atoms. The van der Waals surface area contributed by atoms with Crippen molar-refractivity contribution in [1.82, 2.24) is 5.32 Å². The molecule has 0 fully saturated rings. The molecule has 32 heavy (non-hydrogen) atoms. The lowest BCUT2D eigenvalue weighted by molar-refractivity contribution is -0.384. The number of anilines is 1. The van der Waals surface area contributed by atoms with Crippen molar-refractivity contribution in [3.05, 3.63) is 62.9 Å². The summed E-state index contributed by atoms with van der Waals surface area (Å²) in [5.74, 6) is -0.803. The number of hydrogen-bond donors (Lipinski definition) is 1. The number of carbonyl (C=O) groups excluding carboxylic acids is 1. The molecular weight excluding hydrogens is 509 g/mol. The number of nitro groups is 1. The van der Waals surface area contributed by atoms with E-state index in [-0.39, 0.29) is 22.8 Å².